The number of amides is 1. The molecule has 3 heterocycles. The number of aromatic nitrogens is 3. The molecule has 1 fully saturated rings. The molecule has 122 valence electrons. The van der Waals surface area contributed by atoms with Crippen molar-refractivity contribution in [1.29, 1.82) is 0 Å². The Morgan fingerprint density at radius 1 is 1.35 bits per heavy atom. The Morgan fingerprint density at radius 2 is 2.13 bits per heavy atom. The van der Waals surface area contributed by atoms with Crippen LogP contribution >= 0.6 is 0 Å². The summed E-state index contributed by atoms with van der Waals surface area (Å²) in [6.45, 7) is 3.63. The van der Waals surface area contributed by atoms with Gasteiger partial charge in [-0.05, 0) is 25.0 Å². The monoisotopic (exact) mass is 314 g/mol. The number of piperidine rings is 1. The maximum absolute atomic E-state index is 12.6. The Balaban J connectivity index is 1.59. The van der Waals surface area contributed by atoms with Gasteiger partial charge in [-0.3, -0.25) is 14.5 Å². The molecule has 1 saturated heterocycles. The average molecular weight is 314 g/mol. The highest BCUT2D eigenvalue weighted by Gasteiger charge is 2.36. The smallest absolute Gasteiger partial charge is 0.227 e. The topological polar surface area (TPSA) is 71.2 Å². The van der Waals surface area contributed by atoms with Crippen LogP contribution in [0.5, 0.6) is 0 Å². The van der Waals surface area contributed by atoms with Gasteiger partial charge in [-0.2, -0.15) is 5.10 Å². The first-order chi connectivity index (χ1) is 11.1. The summed E-state index contributed by atoms with van der Waals surface area (Å²) in [6, 6.07) is 5.58. The zero-order valence-electron chi connectivity index (χ0n) is 13.3. The fourth-order valence-corrected chi connectivity index (χ4v) is 3.10. The lowest BCUT2D eigenvalue weighted by Crippen LogP contribution is -2.47. The molecule has 3 rings (SSSR count). The first kappa shape index (κ1) is 15.7. The summed E-state index contributed by atoms with van der Waals surface area (Å²) >= 11 is 0. The zero-order valence-corrected chi connectivity index (χ0v) is 13.3. The quantitative estimate of drug-likeness (QED) is 0.926. The lowest BCUT2D eigenvalue weighted by atomic mass is 9.85. The molecule has 0 bridgehead atoms. The van der Waals surface area contributed by atoms with Crippen LogP contribution < -0.4 is 0 Å². The van der Waals surface area contributed by atoms with Crippen molar-refractivity contribution in [3.05, 3.63) is 48.5 Å². The van der Waals surface area contributed by atoms with E-state index in [4.69, 9.17) is 0 Å². The van der Waals surface area contributed by atoms with Gasteiger partial charge in [-0.15, -0.1) is 0 Å². The van der Waals surface area contributed by atoms with Gasteiger partial charge in [0, 0.05) is 43.4 Å². The summed E-state index contributed by atoms with van der Waals surface area (Å²) in [6.07, 6.45) is 8.06. The molecule has 1 aliphatic rings. The van der Waals surface area contributed by atoms with Crippen molar-refractivity contribution in [2.75, 3.05) is 13.1 Å². The molecular weight excluding hydrogens is 292 g/mol. The van der Waals surface area contributed by atoms with Crippen LogP contribution in [0, 0.1) is 5.92 Å². The molecule has 2 aromatic rings. The number of carbonyl (C=O) groups is 1. The summed E-state index contributed by atoms with van der Waals surface area (Å²) < 4.78 is 1.78. The van der Waals surface area contributed by atoms with Crippen molar-refractivity contribution in [2.45, 2.75) is 31.9 Å². The summed E-state index contributed by atoms with van der Waals surface area (Å²) in [5.74, 6) is -0.00628. The molecule has 6 nitrogen and oxygen atoms in total. The van der Waals surface area contributed by atoms with E-state index in [1.165, 1.54) is 0 Å². The van der Waals surface area contributed by atoms with Crippen molar-refractivity contribution in [3.8, 4) is 0 Å². The lowest BCUT2D eigenvalue weighted by molar-refractivity contribution is -0.140. The van der Waals surface area contributed by atoms with Crippen molar-refractivity contribution in [1.82, 2.24) is 19.7 Å². The third-order valence-corrected chi connectivity index (χ3v) is 4.54. The van der Waals surface area contributed by atoms with E-state index in [0.717, 1.165) is 5.56 Å². The second-order valence-electron chi connectivity index (χ2n) is 6.23. The molecule has 0 radical (unpaired) electrons. The van der Waals surface area contributed by atoms with Crippen LogP contribution in [0.25, 0.3) is 0 Å². The first-order valence-electron chi connectivity index (χ1n) is 7.97. The largest absolute Gasteiger partial charge is 0.385 e. The highest BCUT2D eigenvalue weighted by Crippen LogP contribution is 2.32. The molecule has 0 aromatic carbocycles. The third-order valence-electron chi connectivity index (χ3n) is 4.54. The van der Waals surface area contributed by atoms with E-state index in [2.05, 4.69) is 10.1 Å². The van der Waals surface area contributed by atoms with Gasteiger partial charge in [0.1, 0.15) is 0 Å². The van der Waals surface area contributed by atoms with Crippen LogP contribution in [0.1, 0.15) is 25.3 Å². The minimum Gasteiger partial charge on any atom is -0.385 e. The molecule has 1 atom stereocenters. The van der Waals surface area contributed by atoms with E-state index < -0.39 is 5.60 Å². The molecule has 0 spiro atoms. The summed E-state index contributed by atoms with van der Waals surface area (Å²) in [5, 5.41) is 14.9. The number of pyridine rings is 1. The normalized spacial score (nSPS) is 18.6. The van der Waals surface area contributed by atoms with Crippen LogP contribution in [0.4, 0.5) is 0 Å². The highest BCUT2D eigenvalue weighted by atomic mass is 16.3. The summed E-state index contributed by atoms with van der Waals surface area (Å²) in [7, 11) is 0. The zero-order chi connectivity index (χ0) is 16.3. The number of nitrogens with zero attached hydrogens (tertiary/aromatic N) is 4. The standard InChI is InChI=1S/C17H22N4O2/c1-14(13-21-9-3-8-19-21)16(22)20-10-5-17(23,6-11-20)15-4-2-7-18-12-15/h2-4,7-9,12,14,23H,5-6,10-11,13H2,1H3. The van der Waals surface area contributed by atoms with Crippen LogP contribution in [0.3, 0.4) is 0 Å². The maximum atomic E-state index is 12.6. The predicted molar refractivity (Wildman–Crippen MR) is 85.3 cm³/mol. The predicted octanol–water partition coefficient (Wildman–Crippen LogP) is 1.42. The number of aliphatic hydroxyl groups is 1. The van der Waals surface area contributed by atoms with Crippen molar-refractivity contribution in [3.63, 3.8) is 0 Å². The van der Waals surface area contributed by atoms with Crippen molar-refractivity contribution >= 4 is 5.91 Å². The molecular formula is C17H22N4O2. The fraction of sp³-hybridized carbons (Fsp3) is 0.471. The molecule has 0 aliphatic carbocycles. The molecule has 6 heteroatoms. The van der Waals surface area contributed by atoms with E-state index in [-0.39, 0.29) is 11.8 Å². The molecule has 1 N–H and O–H groups in total. The van der Waals surface area contributed by atoms with Crippen LogP contribution in [-0.4, -0.2) is 43.8 Å². The summed E-state index contributed by atoms with van der Waals surface area (Å²) in [5.41, 5.74) is -0.0484. The van der Waals surface area contributed by atoms with Gasteiger partial charge in [0.15, 0.2) is 0 Å². The van der Waals surface area contributed by atoms with E-state index in [0.29, 0.717) is 32.5 Å². The molecule has 0 saturated carbocycles. The first-order valence-corrected chi connectivity index (χ1v) is 7.97. The third kappa shape index (κ3) is 3.42. The van der Waals surface area contributed by atoms with Gasteiger partial charge in [-0.1, -0.05) is 13.0 Å². The van der Waals surface area contributed by atoms with Gasteiger partial charge in [-0.25, -0.2) is 0 Å². The minimum atomic E-state index is -0.879. The average Bonchev–Trinajstić information content (AvgIpc) is 3.09. The molecule has 1 unspecified atom stereocenters. The second kappa shape index (κ2) is 6.50. The Hall–Kier alpha value is -2.21. The Bertz CT molecular complexity index is 634. The van der Waals surface area contributed by atoms with Crippen LogP contribution in [0.15, 0.2) is 43.0 Å². The van der Waals surface area contributed by atoms with Gasteiger partial charge < -0.3 is 10.0 Å². The number of rotatable bonds is 4. The fourth-order valence-electron chi connectivity index (χ4n) is 3.10. The number of likely N-dealkylation sites (tertiary alicyclic amines) is 1. The summed E-state index contributed by atoms with van der Waals surface area (Å²) in [4.78, 5) is 18.5. The van der Waals surface area contributed by atoms with Crippen molar-refractivity contribution < 1.29 is 9.90 Å². The number of hydrogen-bond donors (Lipinski definition) is 1. The molecule has 1 amide bonds. The minimum absolute atomic E-state index is 0.119. The number of carbonyl (C=O) groups excluding carboxylic acids is 1. The Kier molecular flexibility index (Phi) is 4.43. The van der Waals surface area contributed by atoms with Gasteiger partial charge in [0.25, 0.3) is 0 Å². The van der Waals surface area contributed by atoms with E-state index in [1.54, 1.807) is 23.3 Å². The molecule has 1 aliphatic heterocycles. The maximum Gasteiger partial charge on any atom is 0.227 e. The van der Waals surface area contributed by atoms with Gasteiger partial charge >= 0.3 is 0 Å². The van der Waals surface area contributed by atoms with Gasteiger partial charge in [0.2, 0.25) is 5.91 Å². The van der Waals surface area contributed by atoms with E-state index in [1.807, 2.05) is 36.2 Å². The Morgan fingerprint density at radius 3 is 2.74 bits per heavy atom. The molecule has 23 heavy (non-hydrogen) atoms. The van der Waals surface area contributed by atoms with Gasteiger partial charge in [0.05, 0.1) is 18.1 Å². The van der Waals surface area contributed by atoms with E-state index >= 15 is 0 Å². The Labute approximate surface area is 135 Å². The SMILES string of the molecule is CC(Cn1cccn1)C(=O)N1CCC(O)(c2cccnc2)CC1. The van der Waals surface area contributed by atoms with Crippen LogP contribution in [0.2, 0.25) is 0 Å². The molecule has 2 aromatic heterocycles. The number of hydrogen-bond acceptors (Lipinski definition) is 4. The van der Waals surface area contributed by atoms with E-state index in [9.17, 15) is 9.90 Å². The highest BCUT2D eigenvalue weighted by molar-refractivity contribution is 5.78. The van der Waals surface area contributed by atoms with Crippen LogP contribution in [-0.2, 0) is 16.9 Å². The second-order valence-corrected chi connectivity index (χ2v) is 6.23. The lowest BCUT2D eigenvalue weighted by Gasteiger charge is -2.39. The van der Waals surface area contributed by atoms with Crippen molar-refractivity contribution in [2.24, 2.45) is 5.92 Å².